The molecule has 0 radical (unpaired) electrons. The van der Waals surface area contributed by atoms with Gasteiger partial charge in [-0.1, -0.05) is 23.7 Å². The molecule has 0 bridgehead atoms. The summed E-state index contributed by atoms with van der Waals surface area (Å²) in [7, 11) is 3.75. The number of carbonyl (C=O) groups excluding carboxylic acids is 1. The monoisotopic (exact) mass is 362 g/mol. The Hall–Kier alpha value is -2.31. The van der Waals surface area contributed by atoms with Crippen LogP contribution in [-0.4, -0.2) is 59.5 Å². The molecule has 6 nitrogen and oxygen atoms in total. The molecule has 3 rings (SSSR count). The summed E-state index contributed by atoms with van der Waals surface area (Å²) < 4.78 is 5.67. The molecule has 1 amide bonds. The summed E-state index contributed by atoms with van der Waals surface area (Å²) in [6.07, 6.45) is 0.395. The number of halogens is 1. The minimum atomic E-state index is -1.00. The number of likely N-dealkylation sites (N-methyl/N-ethyl adjacent to an activating group) is 1. The van der Waals surface area contributed by atoms with Crippen LogP contribution in [0.2, 0.25) is 5.02 Å². The number of furan rings is 1. The summed E-state index contributed by atoms with van der Waals surface area (Å²) in [4.78, 5) is 27.6. The first-order valence-electron chi connectivity index (χ1n) is 7.93. The summed E-state index contributed by atoms with van der Waals surface area (Å²) >= 11 is 6.15. The third-order valence-electron chi connectivity index (χ3n) is 4.51. The van der Waals surface area contributed by atoms with Crippen molar-refractivity contribution in [2.75, 3.05) is 20.6 Å². The number of rotatable bonds is 4. The van der Waals surface area contributed by atoms with Crippen molar-refractivity contribution in [1.82, 2.24) is 9.80 Å². The lowest BCUT2D eigenvalue weighted by molar-refractivity contribution is -0.141. The van der Waals surface area contributed by atoms with Gasteiger partial charge in [0.05, 0.1) is 5.02 Å². The standard InChI is InChI=1S/C18H19ClN2O4/c1-20(2)11-9-14(18(23)24)21(10-11)17(22)16-8-7-15(25-16)12-5-3-4-6-13(12)19/h3-8,11,14H,9-10H2,1-2H3,(H,23,24)/t11-,14+/m1/s1. The second-order valence-electron chi connectivity index (χ2n) is 6.31. The van der Waals surface area contributed by atoms with Gasteiger partial charge in [0.2, 0.25) is 0 Å². The average Bonchev–Trinajstić information content (AvgIpc) is 3.22. The molecular weight excluding hydrogens is 344 g/mol. The number of carboxylic acids is 1. The fraction of sp³-hybridized carbons (Fsp3) is 0.333. The van der Waals surface area contributed by atoms with Gasteiger partial charge in [0.1, 0.15) is 11.8 Å². The summed E-state index contributed by atoms with van der Waals surface area (Å²) in [5.41, 5.74) is 0.686. The van der Waals surface area contributed by atoms with E-state index in [-0.39, 0.29) is 11.8 Å². The van der Waals surface area contributed by atoms with Crippen LogP contribution in [0.4, 0.5) is 0 Å². The van der Waals surface area contributed by atoms with Gasteiger partial charge in [-0.3, -0.25) is 4.79 Å². The van der Waals surface area contributed by atoms with E-state index in [1.165, 1.54) is 4.90 Å². The first-order valence-corrected chi connectivity index (χ1v) is 8.31. The molecule has 25 heavy (non-hydrogen) atoms. The molecule has 0 spiro atoms. The molecule has 1 aromatic heterocycles. The maximum atomic E-state index is 12.8. The summed E-state index contributed by atoms with van der Waals surface area (Å²) in [6, 6.07) is 9.55. The van der Waals surface area contributed by atoms with E-state index in [1.807, 2.05) is 31.1 Å². The van der Waals surface area contributed by atoms with E-state index in [1.54, 1.807) is 24.3 Å². The Kier molecular flexibility index (Phi) is 4.83. The number of likely N-dealkylation sites (tertiary alicyclic amines) is 1. The van der Waals surface area contributed by atoms with Gasteiger partial charge in [-0.25, -0.2) is 4.79 Å². The third kappa shape index (κ3) is 3.41. The average molecular weight is 363 g/mol. The highest BCUT2D eigenvalue weighted by molar-refractivity contribution is 6.33. The predicted octanol–water partition coefficient (Wildman–Crippen LogP) is 2.83. The molecule has 0 unspecified atom stereocenters. The van der Waals surface area contributed by atoms with Gasteiger partial charge in [0.25, 0.3) is 5.91 Å². The Bertz CT molecular complexity index is 802. The molecule has 2 atom stereocenters. The van der Waals surface area contributed by atoms with E-state index in [0.717, 1.165) is 0 Å². The van der Waals surface area contributed by atoms with E-state index >= 15 is 0 Å². The molecule has 1 aliphatic heterocycles. The normalized spacial score (nSPS) is 20.2. The predicted molar refractivity (Wildman–Crippen MR) is 93.7 cm³/mol. The first-order chi connectivity index (χ1) is 11.9. The zero-order valence-electron chi connectivity index (χ0n) is 14.0. The molecule has 0 saturated carbocycles. The van der Waals surface area contributed by atoms with Gasteiger partial charge in [-0.2, -0.15) is 0 Å². The van der Waals surface area contributed by atoms with Crippen LogP contribution in [0, 0.1) is 0 Å². The summed E-state index contributed by atoms with van der Waals surface area (Å²) in [6.45, 7) is 0.352. The largest absolute Gasteiger partial charge is 0.480 e. The lowest BCUT2D eigenvalue weighted by atomic mass is 10.1. The molecule has 132 valence electrons. The Morgan fingerprint density at radius 2 is 1.96 bits per heavy atom. The highest BCUT2D eigenvalue weighted by Gasteiger charge is 2.41. The van der Waals surface area contributed by atoms with Crippen LogP contribution >= 0.6 is 11.6 Å². The highest BCUT2D eigenvalue weighted by atomic mass is 35.5. The zero-order valence-corrected chi connectivity index (χ0v) is 14.7. The van der Waals surface area contributed by atoms with Crippen LogP contribution in [0.15, 0.2) is 40.8 Å². The maximum absolute atomic E-state index is 12.8. The molecule has 1 saturated heterocycles. The molecule has 1 N–H and O–H groups in total. The summed E-state index contributed by atoms with van der Waals surface area (Å²) in [5, 5.41) is 9.96. The van der Waals surface area contributed by atoms with Crippen molar-refractivity contribution in [2.24, 2.45) is 0 Å². The molecule has 1 fully saturated rings. The fourth-order valence-corrected chi connectivity index (χ4v) is 3.28. The van der Waals surface area contributed by atoms with Crippen LogP contribution in [-0.2, 0) is 4.79 Å². The Balaban J connectivity index is 1.86. The molecule has 1 aromatic carbocycles. The second-order valence-corrected chi connectivity index (χ2v) is 6.72. The molecule has 0 aliphatic carbocycles. The molecule has 7 heteroatoms. The number of nitrogens with zero attached hydrogens (tertiary/aromatic N) is 2. The number of carbonyl (C=O) groups is 2. The van der Waals surface area contributed by atoms with Crippen molar-refractivity contribution in [3.8, 4) is 11.3 Å². The lowest BCUT2D eigenvalue weighted by Crippen LogP contribution is -2.40. The van der Waals surface area contributed by atoms with Gasteiger partial charge in [0.15, 0.2) is 5.76 Å². The van der Waals surface area contributed by atoms with Gasteiger partial charge >= 0.3 is 5.97 Å². The van der Waals surface area contributed by atoms with Gasteiger partial charge in [-0.15, -0.1) is 0 Å². The van der Waals surface area contributed by atoms with Gasteiger partial charge < -0.3 is 19.3 Å². The molecular formula is C18H19ClN2O4. The SMILES string of the molecule is CN(C)[C@@H]1C[C@@H](C(=O)O)N(C(=O)c2ccc(-c3ccccc3Cl)o2)C1. The van der Waals surface area contributed by atoms with E-state index < -0.39 is 17.9 Å². The number of carboxylic acid groups (broad SMARTS) is 1. The van der Waals surface area contributed by atoms with Crippen LogP contribution < -0.4 is 0 Å². The Labute approximate surface area is 150 Å². The minimum absolute atomic E-state index is 0.00282. The quantitative estimate of drug-likeness (QED) is 0.905. The fourth-order valence-electron chi connectivity index (χ4n) is 3.05. The van der Waals surface area contributed by atoms with Crippen molar-refractivity contribution >= 4 is 23.5 Å². The van der Waals surface area contributed by atoms with E-state index in [9.17, 15) is 14.7 Å². The van der Waals surface area contributed by atoms with Crippen LogP contribution in [0.3, 0.4) is 0 Å². The summed E-state index contributed by atoms with van der Waals surface area (Å²) in [5.74, 6) is -0.838. The lowest BCUT2D eigenvalue weighted by Gasteiger charge is -2.21. The van der Waals surface area contributed by atoms with Crippen molar-refractivity contribution in [1.29, 1.82) is 0 Å². The van der Waals surface area contributed by atoms with Gasteiger partial charge in [-0.05, 0) is 44.8 Å². The number of benzene rings is 1. The molecule has 2 aromatic rings. The second kappa shape index (κ2) is 6.90. The number of hydrogen-bond acceptors (Lipinski definition) is 4. The smallest absolute Gasteiger partial charge is 0.326 e. The van der Waals surface area contributed by atoms with Crippen molar-refractivity contribution < 1.29 is 19.1 Å². The van der Waals surface area contributed by atoms with Gasteiger partial charge in [0, 0.05) is 18.2 Å². The van der Waals surface area contributed by atoms with E-state index in [0.29, 0.717) is 29.3 Å². The number of amides is 1. The Morgan fingerprint density at radius 3 is 2.60 bits per heavy atom. The molecule has 1 aliphatic rings. The highest BCUT2D eigenvalue weighted by Crippen LogP contribution is 2.30. The van der Waals surface area contributed by atoms with Crippen LogP contribution in [0.1, 0.15) is 17.0 Å². The third-order valence-corrected chi connectivity index (χ3v) is 4.84. The van der Waals surface area contributed by atoms with E-state index in [4.69, 9.17) is 16.0 Å². The number of aliphatic carboxylic acids is 1. The minimum Gasteiger partial charge on any atom is -0.480 e. The van der Waals surface area contributed by atoms with Crippen molar-refractivity contribution in [3.05, 3.63) is 47.2 Å². The van der Waals surface area contributed by atoms with Crippen molar-refractivity contribution in [2.45, 2.75) is 18.5 Å². The zero-order chi connectivity index (χ0) is 18.1. The van der Waals surface area contributed by atoms with Crippen LogP contribution in [0.25, 0.3) is 11.3 Å². The maximum Gasteiger partial charge on any atom is 0.326 e. The van der Waals surface area contributed by atoms with Crippen LogP contribution in [0.5, 0.6) is 0 Å². The van der Waals surface area contributed by atoms with Crippen molar-refractivity contribution in [3.63, 3.8) is 0 Å². The number of hydrogen-bond donors (Lipinski definition) is 1. The Morgan fingerprint density at radius 1 is 1.24 bits per heavy atom. The molecule has 2 heterocycles. The van der Waals surface area contributed by atoms with E-state index in [2.05, 4.69) is 0 Å². The first kappa shape index (κ1) is 17.5. The topological polar surface area (TPSA) is 74.0 Å².